The summed E-state index contributed by atoms with van der Waals surface area (Å²) in [6, 6.07) is 6.41. The molecule has 3 N–H and O–H groups in total. The van der Waals surface area contributed by atoms with Crippen LogP contribution in [0.1, 0.15) is 0 Å². The molecule has 0 saturated heterocycles. The molecule has 0 fully saturated rings. The lowest BCUT2D eigenvalue weighted by Crippen LogP contribution is -1.80. The number of halogens is 1. The number of aromatic nitrogens is 3. The lowest BCUT2D eigenvalue weighted by atomic mass is 10.2. The Bertz CT molecular complexity index is 739. The van der Waals surface area contributed by atoms with Crippen LogP contribution in [0.25, 0.3) is 22.6 Å². The standard InChI is InChI=1S/C12H8BrN3O2/c13-7-4-8-12(14-5-7)16-11(15-8)6-1-2-9(17)10(18)3-6/h1-5,17-18H,(H,14,15,16). The minimum Gasteiger partial charge on any atom is -0.504 e. The van der Waals surface area contributed by atoms with Gasteiger partial charge in [-0.2, -0.15) is 0 Å². The highest BCUT2D eigenvalue weighted by Crippen LogP contribution is 2.30. The molecule has 1 aromatic carbocycles. The molecule has 3 aromatic rings. The van der Waals surface area contributed by atoms with Crippen LogP contribution in [0.15, 0.2) is 34.9 Å². The van der Waals surface area contributed by atoms with Gasteiger partial charge < -0.3 is 15.2 Å². The number of hydrogen-bond acceptors (Lipinski definition) is 4. The summed E-state index contributed by atoms with van der Waals surface area (Å²) < 4.78 is 0.860. The topological polar surface area (TPSA) is 82.0 Å². The van der Waals surface area contributed by atoms with Gasteiger partial charge in [-0.15, -0.1) is 0 Å². The molecule has 0 bridgehead atoms. The number of pyridine rings is 1. The van der Waals surface area contributed by atoms with Crippen LogP contribution in [0.4, 0.5) is 0 Å². The van der Waals surface area contributed by atoms with Gasteiger partial charge in [0.05, 0.1) is 5.52 Å². The van der Waals surface area contributed by atoms with Gasteiger partial charge in [-0.25, -0.2) is 9.97 Å². The number of aromatic amines is 1. The summed E-state index contributed by atoms with van der Waals surface area (Å²) >= 11 is 3.34. The number of aromatic hydroxyl groups is 2. The van der Waals surface area contributed by atoms with Gasteiger partial charge in [0.15, 0.2) is 17.1 Å². The maximum absolute atomic E-state index is 9.47. The number of hydrogen-bond donors (Lipinski definition) is 3. The van der Waals surface area contributed by atoms with E-state index in [2.05, 4.69) is 30.9 Å². The predicted molar refractivity (Wildman–Crippen MR) is 70.4 cm³/mol. The number of H-pyrrole nitrogens is 1. The zero-order chi connectivity index (χ0) is 12.7. The van der Waals surface area contributed by atoms with E-state index in [0.29, 0.717) is 17.0 Å². The van der Waals surface area contributed by atoms with E-state index in [4.69, 9.17) is 0 Å². The zero-order valence-corrected chi connectivity index (χ0v) is 10.6. The molecular weight excluding hydrogens is 298 g/mol. The van der Waals surface area contributed by atoms with Crippen LogP contribution >= 0.6 is 15.9 Å². The van der Waals surface area contributed by atoms with Crippen molar-refractivity contribution < 1.29 is 10.2 Å². The highest BCUT2D eigenvalue weighted by Gasteiger charge is 2.08. The van der Waals surface area contributed by atoms with Gasteiger partial charge in [-0.05, 0) is 40.2 Å². The predicted octanol–water partition coefficient (Wildman–Crippen LogP) is 2.80. The number of imidazole rings is 1. The number of nitrogens with zero attached hydrogens (tertiary/aromatic N) is 2. The minimum atomic E-state index is -0.179. The fraction of sp³-hybridized carbons (Fsp3) is 0. The Morgan fingerprint density at radius 2 is 1.94 bits per heavy atom. The summed E-state index contributed by atoms with van der Waals surface area (Å²) in [5.41, 5.74) is 2.08. The van der Waals surface area contributed by atoms with Crippen molar-refractivity contribution >= 4 is 27.1 Å². The number of benzene rings is 1. The molecule has 6 heteroatoms. The van der Waals surface area contributed by atoms with Crippen LogP contribution in [0.5, 0.6) is 11.5 Å². The van der Waals surface area contributed by atoms with Crippen LogP contribution < -0.4 is 0 Å². The third-order valence-electron chi connectivity index (χ3n) is 2.55. The van der Waals surface area contributed by atoms with E-state index in [1.54, 1.807) is 12.3 Å². The normalized spacial score (nSPS) is 10.9. The third-order valence-corrected chi connectivity index (χ3v) is 2.99. The monoisotopic (exact) mass is 305 g/mol. The van der Waals surface area contributed by atoms with Gasteiger partial charge in [0.1, 0.15) is 5.82 Å². The van der Waals surface area contributed by atoms with Crippen LogP contribution in [0.3, 0.4) is 0 Å². The van der Waals surface area contributed by atoms with Crippen LogP contribution in [-0.2, 0) is 0 Å². The van der Waals surface area contributed by atoms with Crippen molar-refractivity contribution in [3.8, 4) is 22.9 Å². The fourth-order valence-corrected chi connectivity index (χ4v) is 2.01. The second kappa shape index (κ2) is 3.99. The first kappa shape index (κ1) is 11.0. The smallest absolute Gasteiger partial charge is 0.178 e. The van der Waals surface area contributed by atoms with E-state index >= 15 is 0 Å². The molecule has 0 aliphatic heterocycles. The molecule has 90 valence electrons. The van der Waals surface area contributed by atoms with Gasteiger partial charge in [0, 0.05) is 16.2 Å². The first-order valence-corrected chi connectivity index (χ1v) is 5.96. The Morgan fingerprint density at radius 3 is 2.72 bits per heavy atom. The summed E-state index contributed by atoms with van der Waals surface area (Å²) in [7, 11) is 0. The summed E-state index contributed by atoms with van der Waals surface area (Å²) in [6.07, 6.45) is 1.67. The first-order chi connectivity index (χ1) is 8.63. The molecule has 18 heavy (non-hydrogen) atoms. The molecule has 0 atom stereocenters. The van der Waals surface area contributed by atoms with Gasteiger partial charge in [-0.3, -0.25) is 0 Å². The van der Waals surface area contributed by atoms with E-state index in [1.807, 2.05) is 6.07 Å². The Morgan fingerprint density at radius 1 is 1.11 bits per heavy atom. The van der Waals surface area contributed by atoms with Gasteiger partial charge in [0.25, 0.3) is 0 Å². The zero-order valence-electron chi connectivity index (χ0n) is 9.05. The second-order valence-corrected chi connectivity index (χ2v) is 4.73. The van der Waals surface area contributed by atoms with Crippen molar-refractivity contribution in [3.05, 3.63) is 34.9 Å². The highest BCUT2D eigenvalue weighted by atomic mass is 79.9. The molecule has 5 nitrogen and oxygen atoms in total. The second-order valence-electron chi connectivity index (χ2n) is 3.81. The Balaban J connectivity index is 2.16. The fourth-order valence-electron chi connectivity index (χ4n) is 1.68. The van der Waals surface area contributed by atoms with E-state index < -0.39 is 0 Å². The SMILES string of the molecule is Oc1ccc(-c2nc3ncc(Br)cc3[nH]2)cc1O. The maximum atomic E-state index is 9.47. The Kier molecular flexibility index (Phi) is 2.45. The van der Waals surface area contributed by atoms with E-state index in [0.717, 1.165) is 9.99 Å². The number of rotatable bonds is 1. The van der Waals surface area contributed by atoms with Crippen molar-refractivity contribution in [1.29, 1.82) is 0 Å². The molecule has 0 radical (unpaired) electrons. The van der Waals surface area contributed by atoms with Crippen LogP contribution in [0, 0.1) is 0 Å². The number of phenols is 2. The van der Waals surface area contributed by atoms with Gasteiger partial charge >= 0.3 is 0 Å². The van der Waals surface area contributed by atoms with Gasteiger partial charge in [0.2, 0.25) is 0 Å². The Hall–Kier alpha value is -2.08. The number of phenolic OH excluding ortho intramolecular Hbond substituents is 2. The summed E-state index contributed by atoms with van der Waals surface area (Å²) in [5.74, 6) is 0.253. The molecule has 0 saturated carbocycles. The van der Waals surface area contributed by atoms with E-state index in [1.165, 1.54) is 12.1 Å². The summed E-state index contributed by atoms with van der Waals surface area (Å²) in [4.78, 5) is 11.6. The van der Waals surface area contributed by atoms with Crippen molar-refractivity contribution in [2.75, 3.05) is 0 Å². The van der Waals surface area contributed by atoms with Gasteiger partial charge in [-0.1, -0.05) is 0 Å². The summed E-state index contributed by atoms with van der Waals surface area (Å²) in [6.45, 7) is 0. The molecule has 0 amide bonds. The van der Waals surface area contributed by atoms with Crippen molar-refractivity contribution in [2.45, 2.75) is 0 Å². The maximum Gasteiger partial charge on any atom is 0.178 e. The van der Waals surface area contributed by atoms with Crippen molar-refractivity contribution in [1.82, 2.24) is 15.0 Å². The molecule has 2 heterocycles. The average Bonchev–Trinajstić information content (AvgIpc) is 2.75. The lowest BCUT2D eigenvalue weighted by Gasteiger charge is -1.99. The third kappa shape index (κ3) is 1.80. The van der Waals surface area contributed by atoms with Crippen molar-refractivity contribution in [2.24, 2.45) is 0 Å². The molecule has 0 aliphatic carbocycles. The number of nitrogens with one attached hydrogen (secondary N) is 1. The highest BCUT2D eigenvalue weighted by molar-refractivity contribution is 9.10. The van der Waals surface area contributed by atoms with E-state index in [9.17, 15) is 10.2 Å². The Labute approximate surface area is 110 Å². The minimum absolute atomic E-state index is 0.157. The molecule has 0 spiro atoms. The molecule has 0 unspecified atom stereocenters. The van der Waals surface area contributed by atoms with Crippen LogP contribution in [-0.4, -0.2) is 25.2 Å². The lowest BCUT2D eigenvalue weighted by molar-refractivity contribution is 0.404. The molecule has 0 aliphatic rings. The quantitative estimate of drug-likeness (QED) is 0.604. The molecular formula is C12H8BrN3O2. The van der Waals surface area contributed by atoms with Crippen LogP contribution in [0.2, 0.25) is 0 Å². The number of fused-ring (bicyclic) bond motifs is 1. The molecule has 2 aromatic heterocycles. The molecule has 3 rings (SSSR count). The summed E-state index contributed by atoms with van der Waals surface area (Å²) in [5, 5.41) is 18.7. The van der Waals surface area contributed by atoms with Crippen molar-refractivity contribution in [3.63, 3.8) is 0 Å². The average molecular weight is 306 g/mol. The first-order valence-electron chi connectivity index (χ1n) is 5.17. The largest absolute Gasteiger partial charge is 0.504 e. The van der Waals surface area contributed by atoms with E-state index in [-0.39, 0.29) is 11.5 Å².